The second-order valence-electron chi connectivity index (χ2n) is 3.01. The lowest BCUT2D eigenvalue weighted by molar-refractivity contribution is -0.136. The zero-order chi connectivity index (χ0) is 11.1. The number of carboxylic acids is 1. The number of benzene rings is 1. The molecule has 1 N–H and O–H groups in total. The lowest BCUT2D eigenvalue weighted by Crippen LogP contribution is -1.99. The Morgan fingerprint density at radius 2 is 2.00 bits per heavy atom. The van der Waals surface area contributed by atoms with Gasteiger partial charge in [-0.2, -0.15) is 0 Å². The largest absolute Gasteiger partial charge is 0.481 e. The first-order valence-electron chi connectivity index (χ1n) is 4.58. The maximum Gasteiger partial charge on any atom is 0.307 e. The molecule has 78 valence electrons. The summed E-state index contributed by atoms with van der Waals surface area (Å²) in [6, 6.07) is 7.29. The van der Waals surface area contributed by atoms with Crippen molar-refractivity contribution in [2.75, 3.05) is 5.33 Å². The Bertz CT molecular complexity index is 384. The highest BCUT2D eigenvalue weighted by Gasteiger charge is 1.98. The van der Waals surface area contributed by atoms with Gasteiger partial charge in [0.25, 0.3) is 0 Å². The van der Waals surface area contributed by atoms with E-state index in [-0.39, 0.29) is 6.42 Å². The van der Waals surface area contributed by atoms with E-state index in [0.29, 0.717) is 0 Å². The smallest absolute Gasteiger partial charge is 0.307 e. The minimum atomic E-state index is -0.812. The van der Waals surface area contributed by atoms with E-state index < -0.39 is 5.97 Å². The van der Waals surface area contributed by atoms with Crippen LogP contribution in [0.4, 0.5) is 0 Å². The fourth-order valence-electron chi connectivity index (χ4n) is 1.09. The zero-order valence-corrected chi connectivity index (χ0v) is 9.75. The molecule has 0 radical (unpaired) electrons. The maximum absolute atomic E-state index is 10.4. The molecule has 2 nitrogen and oxygen atoms in total. The Morgan fingerprint density at radius 1 is 1.33 bits per heavy atom. The van der Waals surface area contributed by atoms with Gasteiger partial charge >= 0.3 is 5.97 Å². The van der Waals surface area contributed by atoms with E-state index in [2.05, 4.69) is 27.8 Å². The van der Waals surface area contributed by atoms with Crippen LogP contribution in [-0.4, -0.2) is 16.4 Å². The molecule has 0 aliphatic carbocycles. The van der Waals surface area contributed by atoms with Gasteiger partial charge in [0.2, 0.25) is 0 Å². The van der Waals surface area contributed by atoms with E-state index in [9.17, 15) is 4.79 Å². The number of aliphatic carboxylic acids is 1. The third-order valence-electron chi connectivity index (χ3n) is 1.76. The summed E-state index contributed by atoms with van der Waals surface area (Å²) in [5.74, 6) is 5.19. The fraction of sp³-hybridized carbons (Fsp3) is 0.250. The van der Waals surface area contributed by atoms with Crippen LogP contribution in [0.25, 0.3) is 0 Å². The zero-order valence-electron chi connectivity index (χ0n) is 8.16. The summed E-state index contributed by atoms with van der Waals surface area (Å²) in [4.78, 5) is 10.4. The molecule has 3 heteroatoms. The van der Waals surface area contributed by atoms with Gasteiger partial charge in [0.1, 0.15) is 0 Å². The summed E-state index contributed by atoms with van der Waals surface area (Å²) >= 11 is 3.29. The normalized spacial score (nSPS) is 9.13. The monoisotopic (exact) mass is 266 g/mol. The van der Waals surface area contributed by atoms with Crippen molar-refractivity contribution < 1.29 is 9.90 Å². The van der Waals surface area contributed by atoms with Crippen LogP contribution in [0, 0.1) is 11.8 Å². The molecule has 0 saturated heterocycles. The number of carbonyl (C=O) groups is 1. The molecule has 0 heterocycles. The Morgan fingerprint density at radius 3 is 2.53 bits per heavy atom. The molecule has 0 atom stereocenters. The van der Waals surface area contributed by atoms with E-state index in [1.54, 1.807) is 12.1 Å². The summed E-state index contributed by atoms with van der Waals surface area (Å²) < 4.78 is 0. The van der Waals surface area contributed by atoms with Gasteiger partial charge in [0, 0.05) is 17.3 Å². The average molecular weight is 267 g/mol. The van der Waals surface area contributed by atoms with Crippen LogP contribution in [0.5, 0.6) is 0 Å². The molecule has 0 spiro atoms. The van der Waals surface area contributed by atoms with Gasteiger partial charge in [-0.25, -0.2) is 0 Å². The molecule has 0 saturated carbocycles. The van der Waals surface area contributed by atoms with Crippen molar-refractivity contribution in [2.24, 2.45) is 0 Å². The lowest BCUT2D eigenvalue weighted by Gasteiger charge is -1.96. The second kappa shape index (κ2) is 6.26. The minimum Gasteiger partial charge on any atom is -0.481 e. The minimum absolute atomic E-state index is 0.0646. The van der Waals surface area contributed by atoms with E-state index >= 15 is 0 Å². The average Bonchev–Trinajstić information content (AvgIpc) is 2.20. The number of alkyl halides is 1. The van der Waals surface area contributed by atoms with Gasteiger partial charge in [0.15, 0.2) is 0 Å². The third-order valence-corrected chi connectivity index (χ3v) is 2.16. The number of halogens is 1. The third kappa shape index (κ3) is 4.66. The molecule has 1 rings (SSSR count). The van der Waals surface area contributed by atoms with E-state index in [1.807, 2.05) is 12.1 Å². The van der Waals surface area contributed by atoms with Crippen LogP contribution in [0.1, 0.15) is 17.5 Å². The summed E-state index contributed by atoms with van der Waals surface area (Å²) in [6.07, 6.45) is 0.881. The van der Waals surface area contributed by atoms with Gasteiger partial charge in [-0.15, -0.1) is 0 Å². The van der Waals surface area contributed by atoms with Crippen LogP contribution in [0.15, 0.2) is 24.3 Å². The van der Waals surface area contributed by atoms with Gasteiger partial charge in [-0.05, 0) is 17.7 Å². The van der Waals surface area contributed by atoms with E-state index in [0.717, 1.165) is 22.9 Å². The molecule has 0 fully saturated rings. The number of carboxylic acid groups (broad SMARTS) is 1. The van der Waals surface area contributed by atoms with E-state index in [1.165, 1.54) is 0 Å². The Kier molecular flexibility index (Phi) is 4.92. The molecule has 0 amide bonds. The van der Waals surface area contributed by atoms with Gasteiger partial charge in [0.05, 0.1) is 6.42 Å². The van der Waals surface area contributed by atoms with Crippen molar-refractivity contribution in [2.45, 2.75) is 12.8 Å². The molecule has 0 aromatic heterocycles. The van der Waals surface area contributed by atoms with Gasteiger partial charge in [-0.1, -0.05) is 39.9 Å². The first-order valence-corrected chi connectivity index (χ1v) is 5.70. The van der Waals surface area contributed by atoms with E-state index in [4.69, 9.17) is 5.11 Å². The molecule has 0 aliphatic heterocycles. The molecule has 0 unspecified atom stereocenters. The second-order valence-corrected chi connectivity index (χ2v) is 3.80. The summed E-state index contributed by atoms with van der Waals surface area (Å²) in [5.41, 5.74) is 1.72. The first-order chi connectivity index (χ1) is 7.22. The van der Waals surface area contributed by atoms with Crippen molar-refractivity contribution >= 4 is 21.9 Å². The lowest BCUT2D eigenvalue weighted by atomic mass is 10.1. The van der Waals surface area contributed by atoms with Crippen molar-refractivity contribution in [3.05, 3.63) is 35.4 Å². The van der Waals surface area contributed by atoms with Crippen LogP contribution < -0.4 is 0 Å². The summed E-state index contributed by atoms with van der Waals surface area (Å²) in [6.45, 7) is 0. The topological polar surface area (TPSA) is 37.3 Å². The molecule has 1 aromatic rings. The summed E-state index contributed by atoms with van der Waals surface area (Å²) in [5, 5.41) is 9.45. The number of rotatable bonds is 3. The Labute approximate surface area is 97.4 Å². The highest BCUT2D eigenvalue weighted by molar-refractivity contribution is 9.09. The van der Waals surface area contributed by atoms with Crippen LogP contribution in [0.2, 0.25) is 0 Å². The van der Waals surface area contributed by atoms with Crippen molar-refractivity contribution in [3.8, 4) is 11.8 Å². The fourth-order valence-corrected chi connectivity index (χ4v) is 1.29. The molecule has 15 heavy (non-hydrogen) atoms. The molecular formula is C12H11BrO2. The maximum atomic E-state index is 10.4. The molecule has 0 bridgehead atoms. The van der Waals surface area contributed by atoms with Crippen molar-refractivity contribution in [3.63, 3.8) is 0 Å². The van der Waals surface area contributed by atoms with Crippen LogP contribution in [-0.2, 0) is 11.2 Å². The predicted octanol–water partition coefficient (Wildman–Crippen LogP) is 2.45. The first kappa shape index (κ1) is 11.8. The number of hydrogen-bond donors (Lipinski definition) is 1. The van der Waals surface area contributed by atoms with Gasteiger partial charge in [-0.3, -0.25) is 4.79 Å². The van der Waals surface area contributed by atoms with Crippen LogP contribution in [0.3, 0.4) is 0 Å². The highest BCUT2D eigenvalue weighted by atomic mass is 79.9. The molecule has 0 aliphatic rings. The quantitative estimate of drug-likeness (QED) is 0.674. The molecular weight excluding hydrogens is 256 g/mol. The summed E-state index contributed by atoms with van der Waals surface area (Å²) in [7, 11) is 0. The molecule has 1 aromatic carbocycles. The van der Waals surface area contributed by atoms with Gasteiger partial charge < -0.3 is 5.11 Å². The van der Waals surface area contributed by atoms with Crippen molar-refractivity contribution in [1.29, 1.82) is 0 Å². The predicted molar refractivity (Wildman–Crippen MR) is 63.1 cm³/mol. The Hall–Kier alpha value is -1.27. The Balaban J connectivity index is 2.65. The van der Waals surface area contributed by atoms with Crippen LogP contribution >= 0.6 is 15.9 Å². The highest BCUT2D eigenvalue weighted by Crippen LogP contribution is 2.04. The SMILES string of the molecule is O=C(O)Cc1ccc(C#CCCBr)cc1. The standard InChI is InChI=1S/C12H11BrO2/c13-8-2-1-3-10-4-6-11(7-5-10)9-12(14)15/h4-7H,2,8-9H2,(H,14,15). The van der Waals surface area contributed by atoms with Crippen molar-refractivity contribution in [1.82, 2.24) is 0 Å². The number of hydrogen-bond acceptors (Lipinski definition) is 1.